The van der Waals surface area contributed by atoms with Crippen molar-refractivity contribution in [2.75, 3.05) is 39.8 Å². The van der Waals surface area contributed by atoms with Crippen LogP contribution >= 0.6 is 24.0 Å². The Bertz CT molecular complexity index is 710. The largest absolute Gasteiger partial charge is 0.364 e. The first-order chi connectivity index (χ1) is 13.1. The average Bonchev–Trinajstić information content (AvgIpc) is 3.17. The first-order valence-electron chi connectivity index (χ1n) is 9.67. The molecule has 0 radical (unpaired) electrons. The van der Waals surface area contributed by atoms with Gasteiger partial charge >= 0.3 is 0 Å². The summed E-state index contributed by atoms with van der Waals surface area (Å²) in [6.45, 7) is 10.3. The maximum absolute atomic E-state index is 4.92. The van der Waals surface area contributed by atoms with E-state index in [1.165, 1.54) is 5.56 Å². The Hall–Kier alpha value is -1.61. The van der Waals surface area contributed by atoms with Gasteiger partial charge in [0.25, 0.3) is 0 Å². The topological polar surface area (TPSA) is 56.9 Å². The van der Waals surface area contributed by atoms with Crippen LogP contribution in [0.5, 0.6) is 0 Å². The Labute approximate surface area is 185 Å². The van der Waals surface area contributed by atoms with Gasteiger partial charge in [-0.2, -0.15) is 0 Å². The van der Waals surface area contributed by atoms with E-state index in [4.69, 9.17) is 4.52 Å². The zero-order valence-corrected chi connectivity index (χ0v) is 19.4. The average molecular weight is 497 g/mol. The molecule has 0 aliphatic carbocycles. The van der Waals surface area contributed by atoms with E-state index in [-0.39, 0.29) is 29.4 Å². The number of hydrogen-bond donors (Lipinski definition) is 1. The molecule has 1 saturated heterocycles. The molecule has 0 unspecified atom stereocenters. The van der Waals surface area contributed by atoms with Crippen molar-refractivity contribution >= 4 is 29.9 Å². The number of piperazine rings is 1. The molecule has 6 nitrogen and oxygen atoms in total. The third-order valence-corrected chi connectivity index (χ3v) is 5.01. The number of halogens is 1. The minimum Gasteiger partial charge on any atom is -0.364 e. The van der Waals surface area contributed by atoms with Crippen LogP contribution in [0.2, 0.25) is 0 Å². The second-order valence-corrected chi connectivity index (χ2v) is 7.98. The quantitative estimate of drug-likeness (QED) is 0.377. The molecule has 0 bridgehead atoms. The van der Waals surface area contributed by atoms with E-state index in [0.717, 1.165) is 57.3 Å². The minimum absolute atomic E-state index is 0. The molecule has 1 aliphatic rings. The summed E-state index contributed by atoms with van der Waals surface area (Å²) in [6.07, 6.45) is 2.68. The van der Waals surface area contributed by atoms with Crippen LogP contribution in [0.15, 0.2) is 52.2 Å². The molecule has 28 heavy (non-hydrogen) atoms. The van der Waals surface area contributed by atoms with Crippen molar-refractivity contribution in [2.45, 2.75) is 26.8 Å². The lowest BCUT2D eigenvalue weighted by Crippen LogP contribution is -2.53. The number of rotatable bonds is 6. The molecule has 1 N–H and O–H groups in total. The molecule has 1 fully saturated rings. The lowest BCUT2D eigenvalue weighted by molar-refractivity contribution is 0.168. The molecule has 0 amide bonds. The van der Waals surface area contributed by atoms with Gasteiger partial charge < -0.3 is 14.7 Å². The van der Waals surface area contributed by atoms with E-state index in [1.807, 2.05) is 13.1 Å². The third kappa shape index (κ3) is 6.77. The Morgan fingerprint density at radius 1 is 1.14 bits per heavy atom. The van der Waals surface area contributed by atoms with Crippen molar-refractivity contribution in [3.63, 3.8) is 0 Å². The molecular formula is C21H32IN5O. The predicted octanol–water partition coefficient (Wildman–Crippen LogP) is 3.25. The minimum atomic E-state index is 0. The first kappa shape index (κ1) is 22.7. The summed E-state index contributed by atoms with van der Waals surface area (Å²) in [5.41, 5.74) is 2.53. The molecule has 1 aromatic heterocycles. The van der Waals surface area contributed by atoms with Crippen molar-refractivity contribution in [3.8, 4) is 0 Å². The standard InChI is InChI=1S/C21H31N5O.HI/c1-21(2,15-18-7-5-4-6-8-18)17-23-20(22-3)26-12-10-25(11-13-26)16-19-9-14-27-24-19;/h4-9,14H,10-13,15-17H2,1-3H3,(H,22,23);1H. The Balaban J connectivity index is 0.00000280. The molecule has 2 aromatic rings. The van der Waals surface area contributed by atoms with Crippen LogP contribution < -0.4 is 5.32 Å². The summed E-state index contributed by atoms with van der Waals surface area (Å²) in [6, 6.07) is 12.6. The van der Waals surface area contributed by atoms with Crippen LogP contribution in [0.3, 0.4) is 0 Å². The highest BCUT2D eigenvalue weighted by Crippen LogP contribution is 2.21. The molecule has 0 atom stereocenters. The van der Waals surface area contributed by atoms with Gasteiger partial charge in [-0.3, -0.25) is 9.89 Å². The third-order valence-electron chi connectivity index (χ3n) is 5.01. The van der Waals surface area contributed by atoms with E-state index >= 15 is 0 Å². The smallest absolute Gasteiger partial charge is 0.193 e. The Kier molecular flexibility index (Phi) is 8.75. The summed E-state index contributed by atoms with van der Waals surface area (Å²) < 4.78 is 4.92. The van der Waals surface area contributed by atoms with Crippen molar-refractivity contribution in [2.24, 2.45) is 10.4 Å². The lowest BCUT2D eigenvalue weighted by atomic mass is 9.86. The highest BCUT2D eigenvalue weighted by atomic mass is 127. The fraction of sp³-hybridized carbons (Fsp3) is 0.524. The van der Waals surface area contributed by atoms with Gasteiger partial charge in [0.15, 0.2) is 5.96 Å². The normalized spacial score (nSPS) is 16.0. The highest BCUT2D eigenvalue weighted by molar-refractivity contribution is 14.0. The van der Waals surface area contributed by atoms with E-state index in [0.29, 0.717) is 0 Å². The number of nitrogens with one attached hydrogen (secondary N) is 1. The van der Waals surface area contributed by atoms with Crippen molar-refractivity contribution in [1.29, 1.82) is 0 Å². The SMILES string of the molecule is CN=C(NCC(C)(C)Cc1ccccc1)N1CCN(Cc2ccon2)CC1.I. The highest BCUT2D eigenvalue weighted by Gasteiger charge is 2.23. The number of aliphatic imine (C=N–C) groups is 1. The maximum Gasteiger partial charge on any atom is 0.193 e. The van der Waals surface area contributed by atoms with Gasteiger partial charge in [-0.15, -0.1) is 24.0 Å². The Morgan fingerprint density at radius 3 is 2.46 bits per heavy atom. The number of benzene rings is 1. The van der Waals surface area contributed by atoms with Crippen LogP contribution in [0.1, 0.15) is 25.1 Å². The summed E-state index contributed by atoms with van der Waals surface area (Å²) >= 11 is 0. The molecule has 0 spiro atoms. The molecule has 1 aromatic carbocycles. The summed E-state index contributed by atoms with van der Waals surface area (Å²) in [4.78, 5) is 9.26. The fourth-order valence-electron chi connectivity index (χ4n) is 3.53. The molecule has 7 heteroatoms. The second kappa shape index (κ2) is 10.8. The zero-order valence-electron chi connectivity index (χ0n) is 17.1. The molecule has 0 saturated carbocycles. The van der Waals surface area contributed by atoms with E-state index in [9.17, 15) is 0 Å². The predicted molar refractivity (Wildman–Crippen MR) is 124 cm³/mol. The summed E-state index contributed by atoms with van der Waals surface area (Å²) in [7, 11) is 1.87. The van der Waals surface area contributed by atoms with E-state index in [1.54, 1.807) is 6.26 Å². The van der Waals surface area contributed by atoms with Gasteiger partial charge in [-0.05, 0) is 17.4 Å². The number of aromatic nitrogens is 1. The first-order valence-corrected chi connectivity index (χ1v) is 9.67. The van der Waals surface area contributed by atoms with Crippen molar-refractivity contribution in [3.05, 3.63) is 53.9 Å². The molecule has 2 heterocycles. The number of nitrogens with zero attached hydrogens (tertiary/aromatic N) is 4. The van der Waals surface area contributed by atoms with Gasteiger partial charge in [-0.1, -0.05) is 49.3 Å². The van der Waals surface area contributed by atoms with E-state index < -0.39 is 0 Å². The molecule has 1 aliphatic heterocycles. The number of guanidine groups is 1. The number of hydrogen-bond acceptors (Lipinski definition) is 4. The van der Waals surface area contributed by atoms with Gasteiger partial charge in [0.1, 0.15) is 6.26 Å². The fourth-order valence-corrected chi connectivity index (χ4v) is 3.53. The second-order valence-electron chi connectivity index (χ2n) is 7.98. The van der Waals surface area contributed by atoms with Crippen molar-refractivity contribution in [1.82, 2.24) is 20.3 Å². The van der Waals surface area contributed by atoms with Crippen molar-refractivity contribution < 1.29 is 4.52 Å². The van der Waals surface area contributed by atoms with Crippen LogP contribution in [0.25, 0.3) is 0 Å². The molecular weight excluding hydrogens is 465 g/mol. The van der Waals surface area contributed by atoms with Gasteiger partial charge in [-0.25, -0.2) is 0 Å². The zero-order chi connectivity index (χ0) is 19.1. The maximum atomic E-state index is 4.92. The van der Waals surface area contributed by atoms with Gasteiger partial charge in [0, 0.05) is 52.4 Å². The monoisotopic (exact) mass is 497 g/mol. The molecule has 154 valence electrons. The lowest BCUT2D eigenvalue weighted by Gasteiger charge is -2.37. The Morgan fingerprint density at radius 2 is 1.86 bits per heavy atom. The van der Waals surface area contributed by atoms with Crippen LogP contribution in [0, 0.1) is 5.41 Å². The van der Waals surface area contributed by atoms with E-state index in [2.05, 4.69) is 69.4 Å². The van der Waals surface area contributed by atoms with Crippen LogP contribution in [0.4, 0.5) is 0 Å². The molecule has 3 rings (SSSR count). The van der Waals surface area contributed by atoms with Crippen LogP contribution in [-0.2, 0) is 13.0 Å². The van der Waals surface area contributed by atoms with Gasteiger partial charge in [0.05, 0.1) is 5.69 Å². The van der Waals surface area contributed by atoms with Gasteiger partial charge in [0.2, 0.25) is 0 Å². The van der Waals surface area contributed by atoms with Crippen LogP contribution in [-0.4, -0.2) is 60.7 Å². The summed E-state index contributed by atoms with van der Waals surface area (Å²) in [5, 5.41) is 7.60. The summed E-state index contributed by atoms with van der Waals surface area (Å²) in [5.74, 6) is 0.997.